The maximum absolute atomic E-state index is 14.4. The van der Waals surface area contributed by atoms with E-state index in [9.17, 15) is 18.8 Å². The number of hydrogen-bond acceptors (Lipinski definition) is 7. The smallest absolute Gasteiger partial charge is 0.269 e. The van der Waals surface area contributed by atoms with Gasteiger partial charge in [0.05, 0.1) is 22.7 Å². The number of likely N-dealkylation sites (tertiary alicyclic amines) is 1. The van der Waals surface area contributed by atoms with Crippen LogP contribution < -0.4 is 11.1 Å². The van der Waals surface area contributed by atoms with Crippen LogP contribution >= 0.6 is 11.6 Å². The van der Waals surface area contributed by atoms with Crippen molar-refractivity contribution in [2.75, 3.05) is 33.2 Å². The molecule has 0 aliphatic carbocycles. The first kappa shape index (κ1) is 32.3. The van der Waals surface area contributed by atoms with Crippen LogP contribution in [0.15, 0.2) is 42.5 Å². The Hall–Kier alpha value is -3.58. The van der Waals surface area contributed by atoms with Crippen molar-refractivity contribution < 1.29 is 28.2 Å². The number of hydrogen-bond donors (Lipinski definition) is 2. The first-order chi connectivity index (χ1) is 20.4. The molecule has 2 aromatic carbocycles. The van der Waals surface area contributed by atoms with Crippen molar-refractivity contribution >= 4 is 40.2 Å². The highest BCUT2D eigenvalue weighted by Gasteiger charge is 2.30. The predicted molar refractivity (Wildman–Crippen MR) is 159 cm³/mol. The Morgan fingerprint density at radius 1 is 1.14 bits per heavy atom. The molecule has 0 atom stereocenters. The maximum atomic E-state index is 14.4. The van der Waals surface area contributed by atoms with Gasteiger partial charge in [-0.3, -0.25) is 24.0 Å². The average molecular weight is 617 g/mol. The molecule has 1 saturated heterocycles. The van der Waals surface area contributed by atoms with Gasteiger partial charge in [0.15, 0.2) is 5.69 Å². The van der Waals surface area contributed by atoms with Crippen LogP contribution in [0.2, 0.25) is 5.02 Å². The Morgan fingerprint density at radius 2 is 1.86 bits per heavy atom. The molecule has 2 heterocycles. The van der Waals surface area contributed by atoms with E-state index in [0.29, 0.717) is 43.6 Å². The molecule has 13 heteroatoms. The number of amides is 3. The zero-order chi connectivity index (χ0) is 31.1. The summed E-state index contributed by atoms with van der Waals surface area (Å²) in [5, 5.41) is 7.51. The lowest BCUT2D eigenvalue weighted by Gasteiger charge is -2.38. The summed E-state index contributed by atoms with van der Waals surface area (Å²) in [5.74, 6) is -2.09. The number of nitrogens with two attached hydrogens (primary N) is 1. The molecule has 3 N–H and O–H groups in total. The number of fused-ring (bicyclic) bond motifs is 1. The summed E-state index contributed by atoms with van der Waals surface area (Å²) >= 11 is 5.87. The van der Waals surface area contributed by atoms with E-state index in [1.165, 1.54) is 21.7 Å². The first-order valence-electron chi connectivity index (χ1n) is 14.1. The van der Waals surface area contributed by atoms with E-state index in [2.05, 4.69) is 15.3 Å². The lowest BCUT2D eigenvalue weighted by atomic mass is 10.0. The summed E-state index contributed by atoms with van der Waals surface area (Å²) in [5.41, 5.74) is 6.11. The van der Waals surface area contributed by atoms with Crippen molar-refractivity contribution in [3.63, 3.8) is 0 Å². The van der Waals surface area contributed by atoms with Gasteiger partial charge in [-0.1, -0.05) is 41.9 Å². The zero-order valence-corrected chi connectivity index (χ0v) is 25.4. The molecule has 0 saturated carbocycles. The van der Waals surface area contributed by atoms with Gasteiger partial charge < -0.3 is 25.4 Å². The van der Waals surface area contributed by atoms with Crippen LogP contribution in [0.4, 0.5) is 4.39 Å². The number of primary amides is 1. The third-order valence-electron chi connectivity index (χ3n) is 7.17. The van der Waals surface area contributed by atoms with Crippen LogP contribution in [0.5, 0.6) is 0 Å². The predicted octanol–water partition coefficient (Wildman–Crippen LogP) is 3.28. The number of halogens is 2. The molecule has 1 fully saturated rings. The number of piperidine rings is 1. The molecule has 4 rings (SSSR count). The SMILES string of the molecule is CC(C)(C)OCOCN1CCC(N(CC(=O)NCc2cccc(Cl)c2F)C(=O)Cn2nc(C(N)=O)c3ccccc32)CC1. The number of aromatic nitrogens is 2. The quantitative estimate of drug-likeness (QED) is 0.236. The van der Waals surface area contributed by atoms with Crippen molar-refractivity contribution in [3.8, 4) is 0 Å². The Morgan fingerprint density at radius 3 is 2.56 bits per heavy atom. The number of nitrogens with zero attached hydrogens (tertiary/aromatic N) is 4. The van der Waals surface area contributed by atoms with Crippen LogP contribution in [0, 0.1) is 5.82 Å². The summed E-state index contributed by atoms with van der Waals surface area (Å²) < 4.78 is 27.1. The van der Waals surface area contributed by atoms with Crippen LogP contribution in [-0.4, -0.2) is 82.1 Å². The van der Waals surface area contributed by atoms with Gasteiger partial charge in [-0.15, -0.1) is 0 Å². The molecule has 0 spiro atoms. The van der Waals surface area contributed by atoms with E-state index >= 15 is 0 Å². The van der Waals surface area contributed by atoms with Crippen LogP contribution in [-0.2, 0) is 32.2 Å². The molecular formula is C30H38ClFN6O5. The Bertz CT molecular complexity index is 1450. The minimum atomic E-state index is -0.700. The molecule has 232 valence electrons. The Balaban J connectivity index is 1.45. The average Bonchev–Trinajstić information content (AvgIpc) is 3.33. The molecule has 3 aromatic rings. The molecule has 1 aliphatic heterocycles. The fourth-order valence-corrected chi connectivity index (χ4v) is 5.10. The summed E-state index contributed by atoms with van der Waals surface area (Å²) in [6.07, 6.45) is 1.22. The largest absolute Gasteiger partial charge is 0.364 e. The van der Waals surface area contributed by atoms with Gasteiger partial charge in [0.2, 0.25) is 11.8 Å². The number of benzene rings is 2. The third kappa shape index (κ3) is 8.73. The monoisotopic (exact) mass is 616 g/mol. The molecule has 1 aliphatic rings. The zero-order valence-electron chi connectivity index (χ0n) is 24.6. The van der Waals surface area contributed by atoms with E-state index in [0.717, 1.165) is 0 Å². The second kappa shape index (κ2) is 14.3. The van der Waals surface area contributed by atoms with Crippen molar-refractivity contribution in [3.05, 3.63) is 64.6 Å². The highest BCUT2D eigenvalue weighted by molar-refractivity contribution is 6.30. The minimum Gasteiger partial charge on any atom is -0.364 e. The summed E-state index contributed by atoms with van der Waals surface area (Å²) in [7, 11) is 0. The number of rotatable bonds is 12. The lowest BCUT2D eigenvalue weighted by Crippen LogP contribution is -2.51. The number of nitrogens with one attached hydrogen (secondary N) is 1. The van der Waals surface area contributed by atoms with Crippen molar-refractivity contribution in [1.29, 1.82) is 0 Å². The number of carbonyl (C=O) groups is 3. The van der Waals surface area contributed by atoms with Gasteiger partial charge in [0, 0.05) is 36.6 Å². The number of ether oxygens (including phenoxy) is 2. The molecule has 11 nitrogen and oxygen atoms in total. The van der Waals surface area contributed by atoms with Crippen LogP contribution in [0.25, 0.3) is 10.9 Å². The van der Waals surface area contributed by atoms with E-state index < -0.39 is 17.6 Å². The van der Waals surface area contributed by atoms with Crippen LogP contribution in [0.3, 0.4) is 0 Å². The van der Waals surface area contributed by atoms with E-state index in [4.69, 9.17) is 26.8 Å². The Kier molecular flexibility index (Phi) is 10.7. The fraction of sp³-hybridized carbons (Fsp3) is 0.467. The van der Waals surface area contributed by atoms with Crippen molar-refractivity contribution in [2.45, 2.75) is 58.3 Å². The first-order valence-corrected chi connectivity index (χ1v) is 14.5. The fourth-order valence-electron chi connectivity index (χ4n) is 4.90. The van der Waals surface area contributed by atoms with Crippen molar-refractivity contribution in [1.82, 2.24) is 24.9 Å². The van der Waals surface area contributed by atoms with E-state index in [1.54, 1.807) is 30.3 Å². The minimum absolute atomic E-state index is 0.0361. The van der Waals surface area contributed by atoms with Gasteiger partial charge in [0.25, 0.3) is 5.91 Å². The van der Waals surface area contributed by atoms with E-state index in [1.807, 2.05) is 20.8 Å². The summed E-state index contributed by atoms with van der Waals surface area (Å²) in [4.78, 5) is 42.5. The molecule has 0 radical (unpaired) electrons. The van der Waals surface area contributed by atoms with Crippen LogP contribution in [0.1, 0.15) is 49.7 Å². The highest BCUT2D eigenvalue weighted by atomic mass is 35.5. The molecule has 3 amide bonds. The van der Waals surface area contributed by atoms with Gasteiger partial charge >= 0.3 is 0 Å². The number of para-hydroxylation sites is 1. The second-order valence-electron chi connectivity index (χ2n) is 11.5. The van der Waals surface area contributed by atoms with Gasteiger partial charge in [-0.05, 0) is 45.7 Å². The standard InChI is InChI=1S/C30H38ClFN6O5/c1-30(2,3)43-19-42-18-36-13-11-21(12-14-36)37(16-25(39)34-15-20-7-6-9-23(31)27(20)32)26(40)17-38-24-10-5-4-8-22(24)28(35-38)29(33)41/h4-10,21H,11-19H2,1-3H3,(H2,33,41)(H,34,39). The molecule has 0 unspecified atom stereocenters. The van der Waals surface area contributed by atoms with Gasteiger partial charge in [0.1, 0.15) is 25.9 Å². The van der Waals surface area contributed by atoms with Crippen molar-refractivity contribution in [2.24, 2.45) is 5.73 Å². The molecule has 0 bridgehead atoms. The number of carbonyl (C=O) groups excluding carboxylic acids is 3. The normalized spacial score (nSPS) is 14.6. The molecular weight excluding hydrogens is 579 g/mol. The highest BCUT2D eigenvalue weighted by Crippen LogP contribution is 2.21. The Labute approximate surface area is 255 Å². The van der Waals surface area contributed by atoms with Gasteiger partial charge in [-0.25, -0.2) is 4.39 Å². The molecule has 43 heavy (non-hydrogen) atoms. The summed E-state index contributed by atoms with van der Waals surface area (Å²) in [6.45, 7) is 7.21. The summed E-state index contributed by atoms with van der Waals surface area (Å²) in [6, 6.07) is 11.3. The third-order valence-corrected chi connectivity index (χ3v) is 7.46. The maximum Gasteiger partial charge on any atom is 0.269 e. The second-order valence-corrected chi connectivity index (χ2v) is 11.9. The molecule has 1 aromatic heterocycles. The van der Waals surface area contributed by atoms with E-state index in [-0.39, 0.29) is 60.3 Å². The lowest BCUT2D eigenvalue weighted by molar-refractivity contribution is -0.147. The topological polar surface area (TPSA) is 132 Å². The van der Waals surface area contributed by atoms with Gasteiger partial charge in [-0.2, -0.15) is 5.10 Å².